The molecule has 5 nitrogen and oxygen atoms in total. The number of hydrogen-bond acceptors (Lipinski definition) is 4. The molecule has 0 saturated carbocycles. The third kappa shape index (κ3) is 4.06. The summed E-state index contributed by atoms with van der Waals surface area (Å²) in [5.74, 6) is 1.88. The highest BCUT2D eigenvalue weighted by Crippen LogP contribution is 2.19. The summed E-state index contributed by atoms with van der Waals surface area (Å²) in [5, 5.41) is 0. The van der Waals surface area contributed by atoms with Gasteiger partial charge in [-0.2, -0.15) is 0 Å². The average Bonchev–Trinajstić information content (AvgIpc) is 3.31. The van der Waals surface area contributed by atoms with Gasteiger partial charge in [0.1, 0.15) is 11.6 Å². The summed E-state index contributed by atoms with van der Waals surface area (Å²) in [6.45, 7) is 3.44. The molecule has 2 heterocycles. The Morgan fingerprint density at radius 3 is 2.73 bits per heavy atom. The normalized spacial score (nSPS) is 17.2. The summed E-state index contributed by atoms with van der Waals surface area (Å²) in [4.78, 5) is 10.6. The van der Waals surface area contributed by atoms with Gasteiger partial charge in [0.25, 0.3) is 0 Å². The van der Waals surface area contributed by atoms with Gasteiger partial charge in [-0.05, 0) is 42.7 Å². The van der Waals surface area contributed by atoms with Gasteiger partial charge in [-0.1, -0.05) is 24.3 Å². The van der Waals surface area contributed by atoms with Crippen LogP contribution in [-0.2, 0) is 17.8 Å². The van der Waals surface area contributed by atoms with Crippen molar-refractivity contribution in [1.29, 1.82) is 0 Å². The first kappa shape index (κ1) is 17.1. The lowest BCUT2D eigenvalue weighted by Gasteiger charge is -2.24. The number of fused-ring (bicyclic) bond motifs is 1. The number of nitrogens with zero attached hydrogens (tertiary/aromatic N) is 2. The van der Waals surface area contributed by atoms with Gasteiger partial charge in [-0.3, -0.25) is 4.90 Å². The molecule has 0 radical (unpaired) electrons. The number of nitrogens with one attached hydrogen (secondary N) is 1. The van der Waals surface area contributed by atoms with Crippen LogP contribution in [-0.4, -0.2) is 41.2 Å². The molecular formula is C21H25N3O2. The maximum atomic E-state index is 5.86. The van der Waals surface area contributed by atoms with Gasteiger partial charge in [0, 0.05) is 19.7 Å². The summed E-state index contributed by atoms with van der Waals surface area (Å²) in [6, 6.07) is 16.4. The van der Waals surface area contributed by atoms with Crippen LogP contribution in [0.5, 0.6) is 5.75 Å². The van der Waals surface area contributed by atoms with Crippen molar-refractivity contribution < 1.29 is 9.47 Å². The first-order valence-electron chi connectivity index (χ1n) is 9.20. The molecule has 0 spiro atoms. The first-order chi connectivity index (χ1) is 12.8. The highest BCUT2D eigenvalue weighted by Gasteiger charge is 2.20. The average molecular weight is 351 g/mol. The number of para-hydroxylation sites is 2. The molecule has 1 atom stereocenters. The third-order valence-corrected chi connectivity index (χ3v) is 4.86. The maximum absolute atomic E-state index is 5.86. The van der Waals surface area contributed by atoms with Gasteiger partial charge >= 0.3 is 0 Å². The highest BCUT2D eigenvalue weighted by atomic mass is 16.5. The van der Waals surface area contributed by atoms with Crippen LogP contribution in [0, 0.1) is 0 Å². The number of imidazole rings is 1. The minimum atomic E-state index is 0.317. The van der Waals surface area contributed by atoms with Crippen LogP contribution in [0.15, 0.2) is 48.5 Å². The molecule has 1 saturated heterocycles. The Morgan fingerprint density at radius 2 is 2.00 bits per heavy atom. The van der Waals surface area contributed by atoms with Crippen molar-refractivity contribution in [3.8, 4) is 5.75 Å². The molecule has 0 aliphatic carbocycles. The van der Waals surface area contributed by atoms with E-state index in [0.29, 0.717) is 6.10 Å². The molecule has 1 aliphatic heterocycles. The first-order valence-corrected chi connectivity index (χ1v) is 9.20. The molecule has 136 valence electrons. The topological polar surface area (TPSA) is 50.4 Å². The van der Waals surface area contributed by atoms with E-state index in [2.05, 4.69) is 28.1 Å². The SMILES string of the molecule is COc1ccc(CN(Cc2nc3ccccc3[nH]2)C[C@@H]2CCCO2)cc1. The van der Waals surface area contributed by atoms with Crippen LogP contribution in [0.2, 0.25) is 0 Å². The zero-order valence-electron chi connectivity index (χ0n) is 15.1. The molecule has 1 N–H and O–H groups in total. The number of rotatable bonds is 7. The minimum absolute atomic E-state index is 0.317. The van der Waals surface area contributed by atoms with Crippen LogP contribution in [0.1, 0.15) is 24.2 Å². The predicted octanol–water partition coefficient (Wildman–Crippen LogP) is 3.75. The smallest absolute Gasteiger partial charge is 0.121 e. The zero-order chi connectivity index (χ0) is 17.8. The Bertz CT molecular complexity index is 805. The van der Waals surface area contributed by atoms with E-state index in [1.165, 1.54) is 5.56 Å². The fourth-order valence-corrected chi connectivity index (χ4v) is 3.54. The fraction of sp³-hybridized carbons (Fsp3) is 0.381. The lowest BCUT2D eigenvalue weighted by molar-refractivity contribution is 0.0671. The van der Waals surface area contributed by atoms with E-state index < -0.39 is 0 Å². The zero-order valence-corrected chi connectivity index (χ0v) is 15.1. The van der Waals surface area contributed by atoms with E-state index in [-0.39, 0.29) is 0 Å². The van der Waals surface area contributed by atoms with Crippen LogP contribution < -0.4 is 4.74 Å². The van der Waals surface area contributed by atoms with Gasteiger partial charge in [-0.15, -0.1) is 0 Å². The Kier molecular flexibility index (Phi) is 5.18. The van der Waals surface area contributed by atoms with E-state index in [1.54, 1.807) is 7.11 Å². The van der Waals surface area contributed by atoms with Crippen LogP contribution >= 0.6 is 0 Å². The molecule has 0 unspecified atom stereocenters. The van der Waals surface area contributed by atoms with E-state index >= 15 is 0 Å². The number of aromatic nitrogens is 2. The number of hydrogen-bond donors (Lipinski definition) is 1. The standard InChI is InChI=1S/C21H25N3O2/c1-25-17-10-8-16(9-11-17)13-24(14-18-5-4-12-26-18)15-21-22-19-6-2-3-7-20(19)23-21/h2-3,6-11,18H,4-5,12-15H2,1H3,(H,22,23)/t18-/m0/s1. The van der Waals surface area contributed by atoms with Crippen molar-refractivity contribution in [2.75, 3.05) is 20.3 Å². The van der Waals surface area contributed by atoms with Gasteiger partial charge in [0.15, 0.2) is 0 Å². The summed E-state index contributed by atoms with van der Waals surface area (Å²) in [5.41, 5.74) is 3.37. The van der Waals surface area contributed by atoms with Gasteiger partial charge < -0.3 is 14.5 Å². The Labute approximate surface area is 153 Å². The lowest BCUT2D eigenvalue weighted by Crippen LogP contribution is -2.31. The van der Waals surface area contributed by atoms with Gasteiger partial charge in [-0.25, -0.2) is 4.98 Å². The monoisotopic (exact) mass is 351 g/mol. The number of benzene rings is 2. The summed E-state index contributed by atoms with van der Waals surface area (Å²) < 4.78 is 11.1. The van der Waals surface area contributed by atoms with E-state index in [1.807, 2.05) is 30.3 Å². The number of ether oxygens (including phenoxy) is 2. The molecule has 1 fully saturated rings. The molecule has 3 aromatic rings. The maximum Gasteiger partial charge on any atom is 0.121 e. The quantitative estimate of drug-likeness (QED) is 0.704. The highest BCUT2D eigenvalue weighted by molar-refractivity contribution is 5.74. The summed E-state index contributed by atoms with van der Waals surface area (Å²) >= 11 is 0. The molecule has 1 aromatic heterocycles. The molecule has 5 heteroatoms. The fourth-order valence-electron chi connectivity index (χ4n) is 3.54. The second-order valence-electron chi connectivity index (χ2n) is 6.85. The van der Waals surface area contributed by atoms with E-state index in [4.69, 9.17) is 14.5 Å². The van der Waals surface area contributed by atoms with Crippen LogP contribution in [0.4, 0.5) is 0 Å². The van der Waals surface area contributed by atoms with E-state index in [0.717, 1.165) is 61.7 Å². The molecule has 4 rings (SSSR count). The minimum Gasteiger partial charge on any atom is -0.497 e. The van der Waals surface area contributed by atoms with Gasteiger partial charge in [0.05, 0.1) is 30.8 Å². The summed E-state index contributed by atoms with van der Waals surface area (Å²) in [7, 11) is 1.69. The van der Waals surface area contributed by atoms with Gasteiger partial charge in [0.2, 0.25) is 0 Å². The molecule has 1 aliphatic rings. The molecule has 2 aromatic carbocycles. The molecule has 0 amide bonds. The van der Waals surface area contributed by atoms with Crippen molar-refractivity contribution in [3.63, 3.8) is 0 Å². The second-order valence-corrected chi connectivity index (χ2v) is 6.85. The summed E-state index contributed by atoms with van der Waals surface area (Å²) in [6.07, 6.45) is 2.61. The lowest BCUT2D eigenvalue weighted by atomic mass is 10.1. The third-order valence-electron chi connectivity index (χ3n) is 4.86. The Hall–Kier alpha value is -2.37. The number of methoxy groups -OCH3 is 1. The number of aromatic amines is 1. The van der Waals surface area contributed by atoms with Crippen LogP contribution in [0.25, 0.3) is 11.0 Å². The Morgan fingerprint density at radius 1 is 1.15 bits per heavy atom. The van der Waals surface area contributed by atoms with Crippen molar-refractivity contribution in [2.45, 2.75) is 32.0 Å². The number of H-pyrrole nitrogens is 1. The second kappa shape index (κ2) is 7.89. The largest absolute Gasteiger partial charge is 0.497 e. The van der Waals surface area contributed by atoms with E-state index in [9.17, 15) is 0 Å². The van der Waals surface area contributed by atoms with Crippen LogP contribution in [0.3, 0.4) is 0 Å². The van der Waals surface area contributed by atoms with Crippen molar-refractivity contribution in [2.24, 2.45) is 0 Å². The Balaban J connectivity index is 1.50. The molecule has 26 heavy (non-hydrogen) atoms. The van der Waals surface area contributed by atoms with Crippen molar-refractivity contribution >= 4 is 11.0 Å². The molecular weight excluding hydrogens is 326 g/mol. The molecule has 0 bridgehead atoms. The van der Waals surface area contributed by atoms with Crippen molar-refractivity contribution in [3.05, 3.63) is 59.9 Å². The predicted molar refractivity (Wildman–Crippen MR) is 102 cm³/mol. The van der Waals surface area contributed by atoms with Crippen molar-refractivity contribution in [1.82, 2.24) is 14.9 Å².